The van der Waals surface area contributed by atoms with Gasteiger partial charge >= 0.3 is 0 Å². The van der Waals surface area contributed by atoms with Crippen molar-refractivity contribution in [3.63, 3.8) is 0 Å². The molecule has 0 aliphatic carbocycles. The molecule has 2 heterocycles. The molecule has 17 heavy (non-hydrogen) atoms. The van der Waals surface area contributed by atoms with Crippen molar-refractivity contribution in [3.05, 3.63) is 42.2 Å². The van der Waals surface area contributed by atoms with Gasteiger partial charge in [-0.15, -0.1) is 0 Å². The lowest BCUT2D eigenvalue weighted by Crippen LogP contribution is -1.88. The molecule has 0 radical (unpaired) electrons. The summed E-state index contributed by atoms with van der Waals surface area (Å²) < 4.78 is 8.50. The minimum Gasteiger partial charge on any atom is -0.392 e. The van der Waals surface area contributed by atoms with Crippen LogP contribution in [0.5, 0.6) is 0 Å². The van der Waals surface area contributed by atoms with Crippen LogP contribution in [0.1, 0.15) is 5.56 Å². The molecule has 3 aromatic rings. The Bertz CT molecular complexity index is 665. The normalized spacial score (nSPS) is 10.9. The average Bonchev–Trinajstić information content (AvgIpc) is 2.87. The highest BCUT2D eigenvalue weighted by Crippen LogP contribution is 2.27. The molecule has 4 nitrogen and oxygen atoms in total. The monoisotopic (exact) mass is 243 g/mol. The summed E-state index contributed by atoms with van der Waals surface area (Å²) in [5.41, 5.74) is 4.52. The first kappa shape index (κ1) is 10.3. The Kier molecular flexibility index (Phi) is 2.55. The minimum atomic E-state index is -0.00781. The maximum absolute atomic E-state index is 9.12. The molecule has 84 valence electrons. The molecule has 0 unspecified atom stereocenters. The van der Waals surface area contributed by atoms with E-state index in [9.17, 15) is 0 Å². The molecule has 0 aliphatic rings. The first-order valence-corrected chi connectivity index (χ1v) is 5.88. The molecule has 0 spiro atoms. The molecule has 0 saturated carbocycles. The highest BCUT2D eigenvalue weighted by atomic mass is 32.1. The lowest BCUT2D eigenvalue weighted by Gasteiger charge is -2.03. The van der Waals surface area contributed by atoms with E-state index in [1.807, 2.05) is 24.3 Å². The number of rotatable bonds is 2. The topological polar surface area (TPSA) is 58.9 Å². The number of aliphatic hydroxyl groups excluding tert-OH is 1. The van der Waals surface area contributed by atoms with Gasteiger partial charge in [-0.25, -0.2) is 0 Å². The number of benzene rings is 1. The van der Waals surface area contributed by atoms with Gasteiger partial charge in [0.15, 0.2) is 0 Å². The third-order valence-corrected chi connectivity index (χ3v) is 3.12. The molecular formula is C12H9N3OS. The second-order valence-corrected chi connectivity index (χ2v) is 4.21. The van der Waals surface area contributed by atoms with Crippen molar-refractivity contribution in [3.8, 4) is 11.1 Å². The van der Waals surface area contributed by atoms with Gasteiger partial charge in [0.05, 0.1) is 18.3 Å². The van der Waals surface area contributed by atoms with Crippen LogP contribution in [0.25, 0.3) is 22.2 Å². The Morgan fingerprint density at radius 1 is 1.18 bits per heavy atom. The number of aromatic nitrogens is 3. The van der Waals surface area contributed by atoms with E-state index < -0.39 is 0 Å². The van der Waals surface area contributed by atoms with Gasteiger partial charge in [-0.3, -0.25) is 4.98 Å². The average molecular weight is 243 g/mol. The molecule has 0 bridgehead atoms. The molecule has 0 fully saturated rings. The number of pyridine rings is 1. The highest BCUT2D eigenvalue weighted by Gasteiger charge is 2.07. The Balaban J connectivity index is 2.23. The van der Waals surface area contributed by atoms with Gasteiger partial charge in [0.25, 0.3) is 0 Å². The fraction of sp³-hybridized carbons (Fsp3) is 0.0833. The summed E-state index contributed by atoms with van der Waals surface area (Å²) in [4.78, 5) is 4.12. The van der Waals surface area contributed by atoms with Crippen LogP contribution in [0, 0.1) is 0 Å². The van der Waals surface area contributed by atoms with Gasteiger partial charge in [0.1, 0.15) is 11.0 Å². The Morgan fingerprint density at radius 3 is 3.00 bits per heavy atom. The van der Waals surface area contributed by atoms with Crippen molar-refractivity contribution in [2.45, 2.75) is 6.61 Å². The van der Waals surface area contributed by atoms with Gasteiger partial charge in [-0.05, 0) is 17.7 Å². The second kappa shape index (κ2) is 4.20. The van der Waals surface area contributed by atoms with E-state index in [0.717, 1.165) is 27.7 Å². The predicted octanol–water partition coefficient (Wildman–Crippen LogP) is 2.25. The maximum Gasteiger partial charge on any atom is 0.112 e. The van der Waals surface area contributed by atoms with E-state index in [-0.39, 0.29) is 6.61 Å². The van der Waals surface area contributed by atoms with Gasteiger partial charge in [-0.1, -0.05) is 12.1 Å². The van der Waals surface area contributed by atoms with E-state index in [1.165, 1.54) is 11.7 Å². The maximum atomic E-state index is 9.12. The van der Waals surface area contributed by atoms with Crippen LogP contribution < -0.4 is 0 Å². The Labute approximate surface area is 102 Å². The fourth-order valence-electron chi connectivity index (χ4n) is 1.76. The van der Waals surface area contributed by atoms with Crippen LogP contribution in [0.3, 0.4) is 0 Å². The van der Waals surface area contributed by atoms with Crippen molar-refractivity contribution in [2.24, 2.45) is 0 Å². The van der Waals surface area contributed by atoms with Crippen molar-refractivity contribution in [2.75, 3.05) is 0 Å². The lowest BCUT2D eigenvalue weighted by atomic mass is 10.0. The molecule has 1 N–H and O–H groups in total. The van der Waals surface area contributed by atoms with Gasteiger partial charge < -0.3 is 5.11 Å². The second-order valence-electron chi connectivity index (χ2n) is 3.68. The SMILES string of the molecule is OCc1cncc(-c2cccc3nsnc23)c1. The van der Waals surface area contributed by atoms with Crippen LogP contribution in [0.15, 0.2) is 36.7 Å². The smallest absolute Gasteiger partial charge is 0.112 e. The number of hydrogen-bond acceptors (Lipinski definition) is 5. The summed E-state index contributed by atoms with van der Waals surface area (Å²) in [5.74, 6) is 0. The Morgan fingerprint density at radius 2 is 2.12 bits per heavy atom. The molecule has 5 heteroatoms. The molecule has 0 atom stereocenters. The van der Waals surface area contributed by atoms with Crippen molar-refractivity contribution < 1.29 is 5.11 Å². The molecule has 3 rings (SSSR count). The highest BCUT2D eigenvalue weighted by molar-refractivity contribution is 7.00. The van der Waals surface area contributed by atoms with Crippen LogP contribution in [-0.4, -0.2) is 18.8 Å². The number of aliphatic hydroxyl groups is 1. The zero-order chi connectivity index (χ0) is 11.7. The van der Waals surface area contributed by atoms with Gasteiger partial charge in [0, 0.05) is 23.5 Å². The van der Waals surface area contributed by atoms with E-state index in [4.69, 9.17) is 5.11 Å². The zero-order valence-corrected chi connectivity index (χ0v) is 9.68. The third-order valence-electron chi connectivity index (χ3n) is 2.57. The van der Waals surface area contributed by atoms with Crippen molar-refractivity contribution >= 4 is 22.8 Å². The van der Waals surface area contributed by atoms with E-state index in [2.05, 4.69) is 13.7 Å². The molecule has 0 aliphatic heterocycles. The zero-order valence-electron chi connectivity index (χ0n) is 8.87. The van der Waals surface area contributed by atoms with Crippen LogP contribution in [0.4, 0.5) is 0 Å². The number of nitrogens with zero attached hydrogens (tertiary/aromatic N) is 3. The van der Waals surface area contributed by atoms with Crippen LogP contribution in [-0.2, 0) is 6.61 Å². The molecule has 0 saturated heterocycles. The first-order valence-electron chi connectivity index (χ1n) is 5.15. The number of fused-ring (bicyclic) bond motifs is 1. The molecule has 0 amide bonds. The summed E-state index contributed by atoms with van der Waals surface area (Å²) in [6.07, 6.45) is 3.43. The summed E-state index contributed by atoms with van der Waals surface area (Å²) in [7, 11) is 0. The largest absolute Gasteiger partial charge is 0.392 e. The lowest BCUT2D eigenvalue weighted by molar-refractivity contribution is 0.281. The number of hydrogen-bond donors (Lipinski definition) is 1. The first-order chi connectivity index (χ1) is 8.38. The van der Waals surface area contributed by atoms with E-state index in [0.29, 0.717) is 0 Å². The minimum absolute atomic E-state index is 0.00781. The Hall–Kier alpha value is -1.85. The summed E-state index contributed by atoms with van der Waals surface area (Å²) in [5, 5.41) is 9.12. The van der Waals surface area contributed by atoms with Crippen molar-refractivity contribution in [1.82, 2.24) is 13.7 Å². The van der Waals surface area contributed by atoms with E-state index >= 15 is 0 Å². The van der Waals surface area contributed by atoms with Crippen LogP contribution in [0.2, 0.25) is 0 Å². The quantitative estimate of drug-likeness (QED) is 0.750. The van der Waals surface area contributed by atoms with Crippen LogP contribution >= 0.6 is 11.7 Å². The molecule has 1 aromatic carbocycles. The summed E-state index contributed by atoms with van der Waals surface area (Å²) in [6, 6.07) is 7.79. The standard InChI is InChI=1S/C12H9N3OS/c16-7-8-4-9(6-13-5-8)10-2-1-3-11-12(10)15-17-14-11/h1-6,16H,7H2. The van der Waals surface area contributed by atoms with Crippen molar-refractivity contribution in [1.29, 1.82) is 0 Å². The van der Waals surface area contributed by atoms with E-state index in [1.54, 1.807) is 12.4 Å². The fourth-order valence-corrected chi connectivity index (χ4v) is 2.31. The summed E-state index contributed by atoms with van der Waals surface area (Å²) >= 11 is 1.20. The molecule has 2 aromatic heterocycles. The predicted molar refractivity (Wildman–Crippen MR) is 66.6 cm³/mol. The van der Waals surface area contributed by atoms with Gasteiger partial charge in [0.2, 0.25) is 0 Å². The summed E-state index contributed by atoms with van der Waals surface area (Å²) in [6.45, 7) is -0.00781. The molecular weight excluding hydrogens is 234 g/mol. The van der Waals surface area contributed by atoms with Gasteiger partial charge in [-0.2, -0.15) is 8.75 Å². The third kappa shape index (κ3) is 1.79.